The van der Waals surface area contributed by atoms with Gasteiger partial charge in [0.25, 0.3) is 0 Å². The lowest BCUT2D eigenvalue weighted by molar-refractivity contribution is 0.0917. The molecule has 0 bridgehead atoms. The number of aryl methyl sites for hydroxylation is 1. The van der Waals surface area contributed by atoms with E-state index in [1.165, 1.54) is 18.2 Å². The van der Waals surface area contributed by atoms with Crippen LogP contribution in [0.1, 0.15) is 36.4 Å². The molecule has 0 atom stereocenters. The highest BCUT2D eigenvalue weighted by Gasteiger charge is 2.18. The van der Waals surface area contributed by atoms with Crippen LogP contribution in [0.2, 0.25) is 0 Å². The Hall–Kier alpha value is -2.15. The molecule has 0 radical (unpaired) electrons. The van der Waals surface area contributed by atoms with Crippen molar-refractivity contribution in [2.24, 2.45) is 5.92 Å². The molecule has 0 aliphatic rings. The molecule has 3 N–H and O–H groups in total. The number of halogens is 1. The fourth-order valence-electron chi connectivity index (χ4n) is 2.10. The van der Waals surface area contributed by atoms with Gasteiger partial charge in [-0.3, -0.25) is 15.6 Å². The third-order valence-corrected chi connectivity index (χ3v) is 3.65. The van der Waals surface area contributed by atoms with Crippen molar-refractivity contribution in [2.75, 3.05) is 6.54 Å². The highest BCUT2D eigenvalue weighted by Crippen LogP contribution is 2.25. The zero-order valence-electron chi connectivity index (χ0n) is 13.3. The number of hydrogen-bond donors (Lipinski definition) is 3. The predicted molar refractivity (Wildman–Crippen MR) is 91.6 cm³/mol. The van der Waals surface area contributed by atoms with Gasteiger partial charge < -0.3 is 9.73 Å². The fraction of sp³-hybridized carbons (Fsp3) is 0.375. The van der Waals surface area contributed by atoms with Crippen LogP contribution in [0.5, 0.6) is 0 Å². The smallest absolute Gasteiger partial charge is 0.305 e. The Bertz CT molecular complexity index is 727. The summed E-state index contributed by atoms with van der Waals surface area (Å²) < 4.78 is 18.8. The lowest BCUT2D eigenvalue weighted by atomic mass is 10.1. The first-order valence-electron chi connectivity index (χ1n) is 7.41. The molecule has 2 rings (SSSR count). The summed E-state index contributed by atoms with van der Waals surface area (Å²) in [4.78, 5) is 12.2. The minimum Gasteiger partial charge on any atom is -0.451 e. The molecule has 1 heterocycles. The van der Waals surface area contributed by atoms with E-state index in [1.807, 2.05) is 0 Å². The molecular weight excluding hydrogens is 317 g/mol. The number of rotatable bonds is 4. The molecule has 0 aliphatic heterocycles. The highest BCUT2D eigenvalue weighted by molar-refractivity contribution is 7.80. The Balaban J connectivity index is 1.96. The number of amides is 1. The van der Waals surface area contributed by atoms with E-state index in [0.717, 1.165) is 13.0 Å². The lowest BCUT2D eigenvalue weighted by Gasteiger charge is -2.11. The number of furan rings is 1. The molecule has 1 aromatic carbocycles. The van der Waals surface area contributed by atoms with Crippen LogP contribution in [-0.4, -0.2) is 17.6 Å². The molecule has 0 spiro atoms. The maximum Gasteiger partial charge on any atom is 0.305 e. The van der Waals surface area contributed by atoms with E-state index in [1.54, 1.807) is 6.92 Å². The van der Waals surface area contributed by atoms with Crippen molar-refractivity contribution in [3.05, 3.63) is 35.3 Å². The van der Waals surface area contributed by atoms with Crippen molar-refractivity contribution in [2.45, 2.75) is 27.2 Å². The standard InChI is InChI=1S/C16H20FN3O2S/c1-9(2)6-7-18-16(23)20-19-15(21)14-10(3)12-8-11(17)4-5-13(12)22-14/h4-5,8-9H,6-7H2,1-3H3,(H,19,21)(H2,18,20,23). The topological polar surface area (TPSA) is 66.3 Å². The Morgan fingerprint density at radius 2 is 2.09 bits per heavy atom. The van der Waals surface area contributed by atoms with Crippen LogP contribution in [0.3, 0.4) is 0 Å². The van der Waals surface area contributed by atoms with E-state index in [-0.39, 0.29) is 11.6 Å². The molecular formula is C16H20FN3O2S. The van der Waals surface area contributed by atoms with Crippen LogP contribution in [0.4, 0.5) is 4.39 Å². The van der Waals surface area contributed by atoms with Gasteiger partial charge in [0.05, 0.1) is 0 Å². The number of thiocarbonyl (C=S) groups is 1. The second kappa shape index (κ2) is 7.41. The van der Waals surface area contributed by atoms with Gasteiger partial charge in [-0.25, -0.2) is 4.39 Å². The molecule has 5 nitrogen and oxygen atoms in total. The van der Waals surface area contributed by atoms with Crippen LogP contribution < -0.4 is 16.2 Å². The number of nitrogens with one attached hydrogen (secondary N) is 3. The molecule has 0 fully saturated rings. The minimum absolute atomic E-state index is 0.128. The number of carbonyl (C=O) groups excluding carboxylic acids is 1. The van der Waals surface area contributed by atoms with E-state index in [9.17, 15) is 9.18 Å². The van der Waals surface area contributed by atoms with Gasteiger partial charge in [-0.1, -0.05) is 13.8 Å². The van der Waals surface area contributed by atoms with Crippen LogP contribution in [0, 0.1) is 18.7 Å². The summed E-state index contributed by atoms with van der Waals surface area (Å²) in [5.41, 5.74) is 6.14. The van der Waals surface area contributed by atoms with Crippen molar-refractivity contribution < 1.29 is 13.6 Å². The van der Waals surface area contributed by atoms with Gasteiger partial charge in [0, 0.05) is 17.5 Å². The number of hydrazine groups is 1. The Labute approximate surface area is 139 Å². The van der Waals surface area contributed by atoms with Crippen molar-refractivity contribution in [3.8, 4) is 0 Å². The van der Waals surface area contributed by atoms with Gasteiger partial charge >= 0.3 is 5.91 Å². The number of hydrogen-bond acceptors (Lipinski definition) is 3. The first kappa shape index (κ1) is 17.2. The largest absolute Gasteiger partial charge is 0.451 e. The summed E-state index contributed by atoms with van der Waals surface area (Å²) >= 11 is 5.07. The average molecular weight is 337 g/mol. The molecule has 124 valence electrons. The molecule has 0 aliphatic carbocycles. The van der Waals surface area contributed by atoms with E-state index in [2.05, 4.69) is 30.0 Å². The number of carbonyl (C=O) groups is 1. The summed E-state index contributed by atoms with van der Waals surface area (Å²) in [5.74, 6) is -0.143. The van der Waals surface area contributed by atoms with E-state index < -0.39 is 5.91 Å². The Morgan fingerprint density at radius 3 is 2.78 bits per heavy atom. The van der Waals surface area contributed by atoms with E-state index in [4.69, 9.17) is 16.6 Å². The van der Waals surface area contributed by atoms with Crippen molar-refractivity contribution in [1.82, 2.24) is 16.2 Å². The van der Waals surface area contributed by atoms with Crippen LogP contribution in [0.15, 0.2) is 22.6 Å². The quantitative estimate of drug-likeness (QED) is 0.591. The molecule has 0 saturated heterocycles. The van der Waals surface area contributed by atoms with Gasteiger partial charge in [0.15, 0.2) is 10.9 Å². The second-order valence-electron chi connectivity index (χ2n) is 5.71. The summed E-state index contributed by atoms with van der Waals surface area (Å²) in [6, 6.07) is 4.13. The normalized spacial score (nSPS) is 10.8. The van der Waals surface area contributed by atoms with Crippen molar-refractivity contribution >= 4 is 34.2 Å². The highest BCUT2D eigenvalue weighted by atomic mass is 32.1. The zero-order chi connectivity index (χ0) is 17.0. The maximum absolute atomic E-state index is 13.3. The van der Waals surface area contributed by atoms with Crippen molar-refractivity contribution in [1.29, 1.82) is 0 Å². The van der Waals surface area contributed by atoms with Gasteiger partial charge in [0.2, 0.25) is 0 Å². The van der Waals surface area contributed by atoms with Crippen molar-refractivity contribution in [3.63, 3.8) is 0 Å². The summed E-state index contributed by atoms with van der Waals surface area (Å²) in [6.07, 6.45) is 0.976. The molecule has 0 unspecified atom stereocenters. The molecule has 23 heavy (non-hydrogen) atoms. The Kier molecular flexibility index (Phi) is 5.54. The lowest BCUT2D eigenvalue weighted by Crippen LogP contribution is -2.47. The third kappa shape index (κ3) is 4.41. The minimum atomic E-state index is -0.466. The maximum atomic E-state index is 13.3. The monoisotopic (exact) mass is 337 g/mol. The molecule has 0 saturated carbocycles. The molecule has 7 heteroatoms. The predicted octanol–water partition coefficient (Wildman–Crippen LogP) is 3.04. The van der Waals surface area contributed by atoms with E-state index in [0.29, 0.717) is 27.6 Å². The van der Waals surface area contributed by atoms with Gasteiger partial charge in [0.1, 0.15) is 11.4 Å². The SMILES string of the molecule is Cc1c(C(=O)NNC(=S)NCCC(C)C)oc2ccc(F)cc12. The first-order valence-corrected chi connectivity index (χ1v) is 7.82. The summed E-state index contributed by atoms with van der Waals surface area (Å²) in [6.45, 7) is 6.67. The average Bonchev–Trinajstić information content (AvgIpc) is 2.81. The van der Waals surface area contributed by atoms with Gasteiger partial charge in [-0.15, -0.1) is 0 Å². The second-order valence-corrected chi connectivity index (χ2v) is 6.12. The van der Waals surface area contributed by atoms with Crippen LogP contribution in [0.25, 0.3) is 11.0 Å². The van der Waals surface area contributed by atoms with Crippen LogP contribution >= 0.6 is 12.2 Å². The third-order valence-electron chi connectivity index (χ3n) is 3.40. The first-order chi connectivity index (χ1) is 10.9. The number of benzene rings is 1. The zero-order valence-corrected chi connectivity index (χ0v) is 14.1. The fourth-order valence-corrected chi connectivity index (χ4v) is 2.25. The summed E-state index contributed by atoms with van der Waals surface area (Å²) in [7, 11) is 0. The molecule has 1 amide bonds. The summed E-state index contributed by atoms with van der Waals surface area (Å²) in [5, 5.41) is 3.90. The van der Waals surface area contributed by atoms with Gasteiger partial charge in [-0.2, -0.15) is 0 Å². The molecule has 1 aromatic heterocycles. The van der Waals surface area contributed by atoms with E-state index >= 15 is 0 Å². The number of fused-ring (bicyclic) bond motifs is 1. The van der Waals surface area contributed by atoms with Gasteiger partial charge in [-0.05, 0) is 49.7 Å². The van der Waals surface area contributed by atoms with Crippen LogP contribution in [-0.2, 0) is 0 Å². The Morgan fingerprint density at radius 1 is 1.35 bits per heavy atom. The molecule has 2 aromatic rings.